The van der Waals surface area contributed by atoms with E-state index >= 15 is 0 Å². The van der Waals surface area contributed by atoms with E-state index in [1.54, 1.807) is 18.2 Å². The van der Waals surface area contributed by atoms with E-state index in [0.29, 0.717) is 16.3 Å². The van der Waals surface area contributed by atoms with E-state index in [-0.39, 0.29) is 11.5 Å². The van der Waals surface area contributed by atoms with E-state index in [4.69, 9.17) is 11.6 Å². The maximum Gasteiger partial charge on any atom is 0.352 e. The van der Waals surface area contributed by atoms with Crippen LogP contribution in [0.4, 0.5) is 0 Å². The molecule has 0 unspecified atom stereocenters. The van der Waals surface area contributed by atoms with E-state index in [1.165, 1.54) is 23.8 Å². The van der Waals surface area contributed by atoms with Gasteiger partial charge >= 0.3 is 5.97 Å². The summed E-state index contributed by atoms with van der Waals surface area (Å²) < 4.78 is 2.19. The topological polar surface area (TPSA) is 59.3 Å². The van der Waals surface area contributed by atoms with E-state index in [0.717, 1.165) is 4.47 Å². The minimum atomic E-state index is -1.12. The number of benzene rings is 1. The number of nitrogens with zero attached hydrogens (tertiary/aromatic N) is 1. The summed E-state index contributed by atoms with van der Waals surface area (Å²) in [5.41, 5.74) is 0.834. The molecule has 2 aromatic rings. The Bertz CT molecular complexity index is 679. The molecule has 0 bridgehead atoms. The first-order valence-electron chi connectivity index (χ1n) is 5.32. The molecule has 98 valence electrons. The van der Waals surface area contributed by atoms with E-state index < -0.39 is 5.97 Å². The Kier molecular flexibility index (Phi) is 3.78. The highest BCUT2D eigenvalue weighted by Gasteiger charge is 2.17. The summed E-state index contributed by atoms with van der Waals surface area (Å²) in [6.07, 6.45) is 1.47. The van der Waals surface area contributed by atoms with Gasteiger partial charge in [-0.15, -0.1) is 0 Å². The number of carbonyl (C=O) groups is 2. The van der Waals surface area contributed by atoms with Gasteiger partial charge in [0.2, 0.25) is 0 Å². The van der Waals surface area contributed by atoms with Crippen molar-refractivity contribution >= 4 is 39.3 Å². The molecule has 1 aromatic heterocycles. The largest absolute Gasteiger partial charge is 0.477 e. The third-order valence-corrected chi connectivity index (χ3v) is 3.41. The Balaban J connectivity index is 2.66. The van der Waals surface area contributed by atoms with Gasteiger partial charge in [0.05, 0.1) is 10.7 Å². The van der Waals surface area contributed by atoms with Crippen LogP contribution in [0.1, 0.15) is 27.8 Å². The number of hydrogen-bond donors (Lipinski definition) is 1. The summed E-state index contributed by atoms with van der Waals surface area (Å²) >= 11 is 9.38. The fraction of sp³-hybridized carbons (Fsp3) is 0.0769. The molecule has 19 heavy (non-hydrogen) atoms. The van der Waals surface area contributed by atoms with Crippen molar-refractivity contribution in [1.29, 1.82) is 0 Å². The highest BCUT2D eigenvalue weighted by Crippen LogP contribution is 2.27. The molecule has 0 atom stereocenters. The second kappa shape index (κ2) is 5.19. The van der Waals surface area contributed by atoms with E-state index in [1.807, 2.05) is 0 Å². The van der Waals surface area contributed by atoms with Crippen LogP contribution in [0.15, 0.2) is 34.9 Å². The molecule has 1 N–H and O–H groups in total. The molecule has 0 aliphatic heterocycles. The maximum absolute atomic E-state index is 11.4. The minimum absolute atomic E-state index is 0.00516. The van der Waals surface area contributed by atoms with Crippen LogP contribution in [0.25, 0.3) is 5.69 Å². The maximum atomic E-state index is 11.4. The number of aromatic carboxylic acids is 1. The van der Waals surface area contributed by atoms with Crippen molar-refractivity contribution in [3.8, 4) is 5.69 Å². The Morgan fingerprint density at radius 3 is 2.53 bits per heavy atom. The zero-order valence-corrected chi connectivity index (χ0v) is 12.2. The number of rotatable bonds is 3. The fourth-order valence-corrected chi connectivity index (χ4v) is 2.46. The molecular weight excluding hydrogens is 334 g/mol. The molecule has 0 saturated carbocycles. The first-order chi connectivity index (χ1) is 8.90. The molecule has 0 aliphatic rings. The van der Waals surface area contributed by atoms with Crippen LogP contribution >= 0.6 is 27.5 Å². The standard InChI is InChI=1S/C13H9BrClNO3/c1-7(17)8-4-12(13(18)19)16(6-8)11-3-2-9(14)5-10(11)15/h2-6H,1H3,(H,18,19). The Morgan fingerprint density at radius 2 is 2.00 bits per heavy atom. The smallest absolute Gasteiger partial charge is 0.352 e. The second-order valence-corrected chi connectivity index (χ2v) is 5.26. The highest BCUT2D eigenvalue weighted by molar-refractivity contribution is 9.10. The van der Waals surface area contributed by atoms with Crippen molar-refractivity contribution in [2.45, 2.75) is 6.92 Å². The molecule has 1 heterocycles. The normalized spacial score (nSPS) is 10.5. The highest BCUT2D eigenvalue weighted by atomic mass is 79.9. The van der Waals surface area contributed by atoms with Crippen LogP contribution in [0, 0.1) is 0 Å². The van der Waals surface area contributed by atoms with Gasteiger partial charge in [0, 0.05) is 16.2 Å². The zero-order chi connectivity index (χ0) is 14.2. The van der Waals surface area contributed by atoms with Crippen LogP contribution in [-0.4, -0.2) is 21.4 Å². The van der Waals surface area contributed by atoms with Crippen LogP contribution in [-0.2, 0) is 0 Å². The van der Waals surface area contributed by atoms with Gasteiger partial charge in [-0.1, -0.05) is 27.5 Å². The van der Waals surface area contributed by atoms with Crippen LogP contribution < -0.4 is 0 Å². The molecule has 0 saturated heterocycles. The van der Waals surface area contributed by atoms with Gasteiger partial charge in [0.15, 0.2) is 5.78 Å². The van der Waals surface area contributed by atoms with Gasteiger partial charge in [0.1, 0.15) is 5.69 Å². The molecule has 4 nitrogen and oxygen atoms in total. The van der Waals surface area contributed by atoms with Crippen molar-refractivity contribution in [3.05, 3.63) is 51.2 Å². The Morgan fingerprint density at radius 1 is 1.32 bits per heavy atom. The summed E-state index contributed by atoms with van der Waals surface area (Å²) in [6, 6.07) is 6.43. The van der Waals surface area contributed by atoms with Crippen molar-refractivity contribution in [3.63, 3.8) is 0 Å². The molecular formula is C13H9BrClNO3. The Hall–Kier alpha value is -1.59. The van der Waals surface area contributed by atoms with Crippen LogP contribution in [0.3, 0.4) is 0 Å². The zero-order valence-electron chi connectivity index (χ0n) is 9.85. The second-order valence-electron chi connectivity index (χ2n) is 3.94. The molecule has 1 aromatic carbocycles. The van der Waals surface area contributed by atoms with Gasteiger partial charge in [-0.2, -0.15) is 0 Å². The van der Waals surface area contributed by atoms with Crippen LogP contribution in [0.5, 0.6) is 0 Å². The molecule has 0 fully saturated rings. The third kappa shape index (κ3) is 2.72. The summed E-state index contributed by atoms with van der Waals surface area (Å²) in [6.45, 7) is 1.38. The van der Waals surface area contributed by atoms with Crippen molar-refractivity contribution in [2.75, 3.05) is 0 Å². The van der Waals surface area contributed by atoms with Crippen molar-refractivity contribution in [1.82, 2.24) is 4.57 Å². The lowest BCUT2D eigenvalue weighted by Crippen LogP contribution is -2.05. The van der Waals surface area contributed by atoms with Gasteiger partial charge in [0.25, 0.3) is 0 Å². The summed E-state index contributed by atoms with van der Waals surface area (Å²) in [7, 11) is 0. The number of halogens is 2. The SMILES string of the molecule is CC(=O)c1cc(C(=O)O)n(-c2ccc(Br)cc2Cl)c1. The summed E-state index contributed by atoms with van der Waals surface area (Å²) in [5, 5.41) is 9.57. The van der Waals surface area contributed by atoms with E-state index in [9.17, 15) is 14.7 Å². The monoisotopic (exact) mass is 341 g/mol. The first kappa shape index (κ1) is 13.8. The average molecular weight is 343 g/mol. The number of ketones is 1. The van der Waals surface area contributed by atoms with Gasteiger partial charge in [-0.25, -0.2) is 4.79 Å². The number of hydrogen-bond acceptors (Lipinski definition) is 2. The molecule has 0 radical (unpaired) electrons. The molecule has 0 amide bonds. The lowest BCUT2D eigenvalue weighted by Gasteiger charge is -2.08. The predicted octanol–water partition coefficient (Wildman–Crippen LogP) is 3.79. The molecule has 6 heteroatoms. The number of carboxylic acids is 1. The van der Waals surface area contributed by atoms with E-state index in [2.05, 4.69) is 15.9 Å². The summed E-state index contributed by atoms with van der Waals surface area (Å²) in [4.78, 5) is 22.6. The lowest BCUT2D eigenvalue weighted by atomic mass is 10.2. The number of Topliss-reactive ketones (excluding diaryl/α,β-unsaturated/α-hetero) is 1. The average Bonchev–Trinajstić information content (AvgIpc) is 2.73. The van der Waals surface area contributed by atoms with Gasteiger partial charge < -0.3 is 9.67 Å². The van der Waals surface area contributed by atoms with Crippen molar-refractivity contribution in [2.24, 2.45) is 0 Å². The minimum Gasteiger partial charge on any atom is -0.477 e. The van der Waals surface area contributed by atoms with Crippen molar-refractivity contribution < 1.29 is 14.7 Å². The molecule has 2 rings (SSSR count). The number of carboxylic acid groups (broad SMARTS) is 1. The number of carbonyl (C=O) groups excluding carboxylic acids is 1. The first-order valence-corrected chi connectivity index (χ1v) is 6.49. The molecule has 0 spiro atoms. The Labute approximate surface area is 122 Å². The predicted molar refractivity (Wildman–Crippen MR) is 75.4 cm³/mol. The quantitative estimate of drug-likeness (QED) is 0.863. The lowest BCUT2D eigenvalue weighted by molar-refractivity contribution is 0.0688. The van der Waals surface area contributed by atoms with Gasteiger partial charge in [-0.05, 0) is 31.2 Å². The number of aromatic nitrogens is 1. The molecule has 0 aliphatic carbocycles. The van der Waals surface area contributed by atoms with Crippen LogP contribution in [0.2, 0.25) is 5.02 Å². The fourth-order valence-electron chi connectivity index (χ4n) is 1.70. The van der Waals surface area contributed by atoms with Gasteiger partial charge in [-0.3, -0.25) is 4.79 Å². The third-order valence-electron chi connectivity index (χ3n) is 2.61. The summed E-state index contributed by atoms with van der Waals surface area (Å²) in [5.74, 6) is -1.32.